The van der Waals surface area contributed by atoms with Crippen LogP contribution in [-0.2, 0) is 22.3 Å². The van der Waals surface area contributed by atoms with Crippen molar-refractivity contribution in [1.29, 1.82) is 0 Å². The van der Waals surface area contributed by atoms with Crippen LogP contribution in [0.15, 0.2) is 48.5 Å². The number of hydrogen-bond donors (Lipinski definition) is 1. The van der Waals surface area contributed by atoms with Gasteiger partial charge in [-0.1, -0.05) is 18.2 Å². The van der Waals surface area contributed by atoms with Crippen LogP contribution in [-0.4, -0.2) is 30.4 Å². The van der Waals surface area contributed by atoms with Gasteiger partial charge in [0.15, 0.2) is 0 Å². The molecule has 0 saturated heterocycles. The lowest BCUT2D eigenvalue weighted by Crippen LogP contribution is -2.36. The molecule has 2 rings (SSSR count). The van der Waals surface area contributed by atoms with Gasteiger partial charge in [0.05, 0.1) is 12.7 Å². The van der Waals surface area contributed by atoms with Crippen molar-refractivity contribution in [2.24, 2.45) is 0 Å². The summed E-state index contributed by atoms with van der Waals surface area (Å²) >= 11 is 0. The zero-order valence-corrected chi connectivity index (χ0v) is 14.8. The standard InChI is InChI=1S/C19H19F3N2O3/c1-13(25)24(11-14-5-3-4-6-17(14)27-2)12-18(26)23-16-9-7-15(8-10-16)19(20,21)22/h3-10H,11-12H2,1-2H3,(H,23,26). The molecule has 0 fully saturated rings. The third kappa shape index (κ3) is 5.73. The first kappa shape index (κ1) is 20.3. The molecule has 0 bridgehead atoms. The maximum Gasteiger partial charge on any atom is 0.416 e. The zero-order valence-electron chi connectivity index (χ0n) is 14.8. The number of benzene rings is 2. The van der Waals surface area contributed by atoms with Crippen LogP contribution in [0.2, 0.25) is 0 Å². The van der Waals surface area contributed by atoms with E-state index in [1.54, 1.807) is 24.3 Å². The van der Waals surface area contributed by atoms with Crippen LogP contribution in [0.1, 0.15) is 18.1 Å². The summed E-state index contributed by atoms with van der Waals surface area (Å²) < 4.78 is 42.9. The third-order valence-corrected chi connectivity index (χ3v) is 3.83. The highest BCUT2D eigenvalue weighted by atomic mass is 19.4. The molecule has 0 aliphatic rings. The van der Waals surface area contributed by atoms with Crippen LogP contribution in [0.4, 0.5) is 18.9 Å². The van der Waals surface area contributed by atoms with E-state index < -0.39 is 17.6 Å². The van der Waals surface area contributed by atoms with Crippen LogP contribution in [0.25, 0.3) is 0 Å². The molecule has 0 heterocycles. The second kappa shape index (κ2) is 8.57. The first-order valence-corrected chi connectivity index (χ1v) is 8.05. The minimum Gasteiger partial charge on any atom is -0.496 e. The third-order valence-electron chi connectivity index (χ3n) is 3.83. The van der Waals surface area contributed by atoms with Crippen molar-refractivity contribution in [3.8, 4) is 5.75 Å². The molecular formula is C19H19F3N2O3. The van der Waals surface area contributed by atoms with Gasteiger partial charge in [-0.2, -0.15) is 13.2 Å². The number of rotatable bonds is 6. The van der Waals surface area contributed by atoms with E-state index >= 15 is 0 Å². The Hall–Kier alpha value is -3.03. The Kier molecular flexibility index (Phi) is 6.44. The number of anilines is 1. The van der Waals surface area contributed by atoms with E-state index in [4.69, 9.17) is 4.74 Å². The van der Waals surface area contributed by atoms with Crippen LogP contribution in [0.5, 0.6) is 5.75 Å². The van der Waals surface area contributed by atoms with Crippen molar-refractivity contribution < 1.29 is 27.5 Å². The minimum absolute atomic E-state index is 0.166. The fraction of sp³-hybridized carbons (Fsp3) is 0.263. The average Bonchev–Trinajstić information content (AvgIpc) is 2.61. The summed E-state index contributed by atoms with van der Waals surface area (Å²) in [6, 6.07) is 11.2. The topological polar surface area (TPSA) is 58.6 Å². The molecule has 5 nitrogen and oxygen atoms in total. The van der Waals surface area contributed by atoms with E-state index in [1.165, 1.54) is 31.1 Å². The molecule has 0 saturated carbocycles. The molecule has 2 aromatic rings. The summed E-state index contributed by atoms with van der Waals surface area (Å²) in [5.41, 5.74) is 0.147. The summed E-state index contributed by atoms with van der Waals surface area (Å²) in [7, 11) is 1.51. The SMILES string of the molecule is COc1ccccc1CN(CC(=O)Nc1ccc(C(F)(F)F)cc1)C(C)=O. The van der Waals surface area contributed by atoms with Crippen molar-refractivity contribution in [3.05, 3.63) is 59.7 Å². The van der Waals surface area contributed by atoms with Gasteiger partial charge in [0.1, 0.15) is 12.3 Å². The lowest BCUT2D eigenvalue weighted by atomic mass is 10.2. The van der Waals surface area contributed by atoms with Gasteiger partial charge in [-0.3, -0.25) is 9.59 Å². The Morgan fingerprint density at radius 1 is 1.07 bits per heavy atom. The number of halogens is 3. The number of nitrogens with one attached hydrogen (secondary N) is 1. The van der Waals surface area contributed by atoms with Crippen LogP contribution in [0, 0.1) is 0 Å². The smallest absolute Gasteiger partial charge is 0.416 e. The second-order valence-electron chi connectivity index (χ2n) is 5.81. The van der Waals surface area contributed by atoms with Crippen molar-refractivity contribution in [2.45, 2.75) is 19.6 Å². The van der Waals surface area contributed by atoms with Gasteiger partial charge in [0.2, 0.25) is 11.8 Å². The second-order valence-corrected chi connectivity index (χ2v) is 5.81. The summed E-state index contributed by atoms with van der Waals surface area (Å²) in [6.07, 6.45) is -4.44. The van der Waals surface area contributed by atoms with Gasteiger partial charge in [-0.25, -0.2) is 0 Å². The normalized spacial score (nSPS) is 11.0. The summed E-state index contributed by atoms with van der Waals surface area (Å²) in [5, 5.41) is 2.49. The highest BCUT2D eigenvalue weighted by Crippen LogP contribution is 2.29. The van der Waals surface area contributed by atoms with E-state index in [2.05, 4.69) is 5.32 Å². The molecule has 2 amide bonds. The molecule has 0 radical (unpaired) electrons. The van der Waals surface area contributed by atoms with E-state index in [0.29, 0.717) is 5.75 Å². The molecule has 0 aromatic heterocycles. The Morgan fingerprint density at radius 3 is 2.26 bits per heavy atom. The maximum absolute atomic E-state index is 12.6. The summed E-state index contributed by atoms with van der Waals surface area (Å²) in [5.74, 6) is -0.241. The monoisotopic (exact) mass is 380 g/mol. The Balaban J connectivity index is 2.03. The number of carbonyl (C=O) groups excluding carboxylic acids is 2. The Bertz CT molecular complexity index is 805. The first-order valence-electron chi connectivity index (χ1n) is 8.05. The van der Waals surface area contributed by atoms with Gasteiger partial charge in [-0.15, -0.1) is 0 Å². The van der Waals surface area contributed by atoms with Crippen LogP contribution in [0.3, 0.4) is 0 Å². The molecular weight excluding hydrogens is 361 g/mol. The highest BCUT2D eigenvalue weighted by molar-refractivity contribution is 5.94. The van der Waals surface area contributed by atoms with E-state index in [1.807, 2.05) is 0 Å². The molecule has 0 aliphatic carbocycles. The number of amides is 2. The number of ether oxygens (including phenoxy) is 1. The van der Waals surface area contributed by atoms with Crippen LogP contribution < -0.4 is 10.1 Å². The quantitative estimate of drug-likeness (QED) is 0.831. The Morgan fingerprint density at radius 2 is 1.70 bits per heavy atom. The molecule has 1 N–H and O–H groups in total. The predicted octanol–water partition coefficient (Wildman–Crippen LogP) is 3.70. The predicted molar refractivity (Wildman–Crippen MR) is 94.2 cm³/mol. The lowest BCUT2D eigenvalue weighted by molar-refractivity contribution is -0.137. The molecule has 2 aromatic carbocycles. The zero-order chi connectivity index (χ0) is 20.0. The first-order chi connectivity index (χ1) is 12.7. The van der Waals surface area contributed by atoms with Crippen molar-refractivity contribution in [3.63, 3.8) is 0 Å². The molecule has 0 spiro atoms. The molecule has 0 unspecified atom stereocenters. The van der Waals surface area contributed by atoms with Crippen molar-refractivity contribution in [2.75, 3.05) is 19.0 Å². The van der Waals surface area contributed by atoms with Gasteiger partial charge in [0, 0.05) is 24.7 Å². The van der Waals surface area contributed by atoms with Gasteiger partial charge >= 0.3 is 6.18 Å². The number of alkyl halides is 3. The van der Waals surface area contributed by atoms with E-state index in [-0.39, 0.29) is 24.7 Å². The molecule has 27 heavy (non-hydrogen) atoms. The van der Waals surface area contributed by atoms with Crippen molar-refractivity contribution in [1.82, 2.24) is 4.90 Å². The van der Waals surface area contributed by atoms with E-state index in [9.17, 15) is 22.8 Å². The van der Waals surface area contributed by atoms with Crippen LogP contribution >= 0.6 is 0 Å². The fourth-order valence-corrected chi connectivity index (χ4v) is 2.43. The van der Waals surface area contributed by atoms with E-state index in [0.717, 1.165) is 17.7 Å². The molecule has 144 valence electrons. The molecule has 0 atom stereocenters. The van der Waals surface area contributed by atoms with Gasteiger partial charge < -0.3 is 15.0 Å². The fourth-order valence-electron chi connectivity index (χ4n) is 2.43. The number of methoxy groups -OCH3 is 1. The summed E-state index contributed by atoms with van der Waals surface area (Å²) in [6.45, 7) is 1.26. The van der Waals surface area contributed by atoms with Gasteiger partial charge in [0.25, 0.3) is 0 Å². The highest BCUT2D eigenvalue weighted by Gasteiger charge is 2.30. The summed E-state index contributed by atoms with van der Waals surface area (Å²) in [4.78, 5) is 25.4. The minimum atomic E-state index is -4.44. The lowest BCUT2D eigenvalue weighted by Gasteiger charge is -2.22. The largest absolute Gasteiger partial charge is 0.496 e. The molecule has 8 heteroatoms. The number of hydrogen-bond acceptors (Lipinski definition) is 3. The molecule has 0 aliphatic heterocycles. The van der Waals surface area contributed by atoms with Crippen molar-refractivity contribution >= 4 is 17.5 Å². The average molecular weight is 380 g/mol. The maximum atomic E-state index is 12.6. The number of nitrogens with zero attached hydrogens (tertiary/aromatic N) is 1. The number of carbonyl (C=O) groups is 2. The number of para-hydroxylation sites is 1. The Labute approximate surface area is 154 Å². The van der Waals surface area contributed by atoms with Gasteiger partial charge in [-0.05, 0) is 30.3 Å².